The van der Waals surface area contributed by atoms with E-state index in [0.717, 1.165) is 19.5 Å². The van der Waals surface area contributed by atoms with E-state index in [1.54, 1.807) is 6.92 Å². The number of carbonyl (C=O) groups excluding carboxylic acids is 1. The van der Waals surface area contributed by atoms with E-state index in [2.05, 4.69) is 29.5 Å². The smallest absolute Gasteiger partial charge is 0.219 e. The molecule has 1 atom stereocenters. The Balaban J connectivity index is 2.53. The van der Waals surface area contributed by atoms with Crippen LogP contribution in [-0.2, 0) is 4.79 Å². The highest BCUT2D eigenvalue weighted by atomic mass is 127. The number of halogens is 1. The fourth-order valence-electron chi connectivity index (χ4n) is 1.46. The molecule has 0 saturated carbocycles. The van der Waals surface area contributed by atoms with E-state index in [9.17, 15) is 4.79 Å². The van der Waals surface area contributed by atoms with Crippen LogP contribution in [0.5, 0.6) is 0 Å². The van der Waals surface area contributed by atoms with Gasteiger partial charge in [-0.3, -0.25) is 4.79 Å². The monoisotopic (exact) mass is 267 g/mol. The first kappa shape index (κ1) is 9.29. The summed E-state index contributed by atoms with van der Waals surface area (Å²) in [4.78, 5) is 12.9. The van der Waals surface area contributed by atoms with Gasteiger partial charge in [-0.2, -0.15) is 0 Å². The molecule has 1 heterocycles. The predicted molar refractivity (Wildman–Crippen MR) is 53.9 cm³/mol. The molecule has 0 aromatic carbocycles. The molecule has 0 aromatic heterocycles. The van der Waals surface area contributed by atoms with Crippen LogP contribution in [0.1, 0.15) is 26.7 Å². The van der Waals surface area contributed by atoms with Crippen molar-refractivity contribution in [3.63, 3.8) is 0 Å². The summed E-state index contributed by atoms with van der Waals surface area (Å²) < 4.78 is 0.307. The minimum Gasteiger partial charge on any atom is -0.342 e. The summed E-state index contributed by atoms with van der Waals surface area (Å²) in [5, 5.41) is 0. The molecular formula is C8H14INO. The molecule has 0 spiro atoms. The van der Waals surface area contributed by atoms with Crippen LogP contribution in [0, 0.1) is 0 Å². The Hall–Kier alpha value is 0.200. The molecule has 1 saturated heterocycles. The molecule has 2 nitrogen and oxygen atoms in total. The second-order valence-corrected chi connectivity index (χ2v) is 6.06. The molecule has 0 aromatic rings. The van der Waals surface area contributed by atoms with E-state index in [0.29, 0.717) is 3.42 Å². The number of amides is 1. The molecule has 1 aliphatic heterocycles. The topological polar surface area (TPSA) is 20.3 Å². The highest BCUT2D eigenvalue weighted by Crippen LogP contribution is 2.29. The highest BCUT2D eigenvalue weighted by molar-refractivity contribution is 14.1. The zero-order valence-corrected chi connectivity index (χ0v) is 9.22. The van der Waals surface area contributed by atoms with Gasteiger partial charge in [-0.1, -0.05) is 22.6 Å². The average Bonchev–Trinajstić information content (AvgIpc) is 1.85. The molecule has 0 radical (unpaired) electrons. The number of piperidine rings is 1. The predicted octanol–water partition coefficient (Wildman–Crippen LogP) is 1.82. The lowest BCUT2D eigenvalue weighted by Gasteiger charge is -2.36. The van der Waals surface area contributed by atoms with Crippen molar-refractivity contribution < 1.29 is 4.79 Å². The van der Waals surface area contributed by atoms with Crippen LogP contribution in [0.2, 0.25) is 0 Å². The van der Waals surface area contributed by atoms with Crippen molar-refractivity contribution >= 4 is 28.5 Å². The summed E-state index contributed by atoms with van der Waals surface area (Å²) in [6, 6.07) is 0. The van der Waals surface area contributed by atoms with Crippen molar-refractivity contribution in [2.45, 2.75) is 30.1 Å². The zero-order valence-electron chi connectivity index (χ0n) is 7.06. The molecule has 1 aliphatic rings. The Morgan fingerprint density at radius 3 is 2.64 bits per heavy atom. The molecular weight excluding hydrogens is 253 g/mol. The third-order valence-corrected chi connectivity index (χ3v) is 2.97. The molecule has 0 aliphatic carbocycles. The van der Waals surface area contributed by atoms with Crippen LogP contribution in [0.15, 0.2) is 0 Å². The Kier molecular flexibility index (Phi) is 2.78. The van der Waals surface area contributed by atoms with Gasteiger partial charge in [-0.05, 0) is 19.8 Å². The summed E-state index contributed by atoms with van der Waals surface area (Å²) in [5.41, 5.74) is 0. The van der Waals surface area contributed by atoms with Gasteiger partial charge in [0.2, 0.25) is 5.91 Å². The van der Waals surface area contributed by atoms with Crippen LogP contribution in [0.4, 0.5) is 0 Å². The second-order valence-electron chi connectivity index (χ2n) is 3.46. The average molecular weight is 267 g/mol. The SMILES string of the molecule is CC(=O)N1CCCC(C)(I)C1. The third kappa shape index (κ3) is 2.61. The van der Waals surface area contributed by atoms with Gasteiger partial charge < -0.3 is 4.90 Å². The Morgan fingerprint density at radius 2 is 2.27 bits per heavy atom. The Morgan fingerprint density at radius 1 is 1.64 bits per heavy atom. The normalized spacial score (nSPS) is 32.1. The maximum atomic E-state index is 11.0. The van der Waals surface area contributed by atoms with Gasteiger partial charge in [-0.25, -0.2) is 0 Å². The zero-order chi connectivity index (χ0) is 8.48. The fraction of sp³-hybridized carbons (Fsp3) is 0.875. The molecule has 3 heteroatoms. The lowest BCUT2D eigenvalue weighted by molar-refractivity contribution is -0.130. The Bertz CT molecular complexity index is 167. The highest BCUT2D eigenvalue weighted by Gasteiger charge is 2.28. The molecule has 0 bridgehead atoms. The van der Waals surface area contributed by atoms with E-state index in [1.165, 1.54) is 6.42 Å². The summed E-state index contributed by atoms with van der Waals surface area (Å²) in [6.07, 6.45) is 2.39. The number of rotatable bonds is 0. The van der Waals surface area contributed by atoms with Gasteiger partial charge >= 0.3 is 0 Å². The first-order valence-electron chi connectivity index (χ1n) is 3.96. The molecule has 11 heavy (non-hydrogen) atoms. The van der Waals surface area contributed by atoms with Gasteiger partial charge in [0, 0.05) is 23.4 Å². The number of hydrogen-bond donors (Lipinski definition) is 0. The first-order chi connectivity index (χ1) is 5.01. The largest absolute Gasteiger partial charge is 0.342 e. The quantitative estimate of drug-likeness (QED) is 0.484. The van der Waals surface area contributed by atoms with Crippen molar-refractivity contribution in [3.8, 4) is 0 Å². The molecule has 64 valence electrons. The number of hydrogen-bond acceptors (Lipinski definition) is 1. The van der Waals surface area contributed by atoms with Crippen molar-refractivity contribution in [2.24, 2.45) is 0 Å². The Labute approximate surface area is 81.5 Å². The van der Waals surface area contributed by atoms with E-state index < -0.39 is 0 Å². The van der Waals surface area contributed by atoms with Crippen molar-refractivity contribution in [2.75, 3.05) is 13.1 Å². The lowest BCUT2D eigenvalue weighted by atomic mass is 10.0. The van der Waals surface area contributed by atoms with E-state index >= 15 is 0 Å². The van der Waals surface area contributed by atoms with Crippen molar-refractivity contribution in [1.29, 1.82) is 0 Å². The van der Waals surface area contributed by atoms with Gasteiger partial charge in [0.1, 0.15) is 0 Å². The number of nitrogens with zero attached hydrogens (tertiary/aromatic N) is 1. The van der Waals surface area contributed by atoms with E-state index in [1.807, 2.05) is 4.90 Å². The number of likely N-dealkylation sites (tertiary alicyclic amines) is 1. The lowest BCUT2D eigenvalue weighted by Crippen LogP contribution is -2.44. The third-order valence-electron chi connectivity index (χ3n) is 2.09. The first-order valence-corrected chi connectivity index (χ1v) is 5.04. The second kappa shape index (κ2) is 3.29. The van der Waals surface area contributed by atoms with Gasteiger partial charge in [0.05, 0.1) is 0 Å². The van der Waals surface area contributed by atoms with E-state index in [-0.39, 0.29) is 5.91 Å². The minimum atomic E-state index is 0.215. The maximum Gasteiger partial charge on any atom is 0.219 e. The molecule has 1 unspecified atom stereocenters. The van der Waals surface area contributed by atoms with Gasteiger partial charge in [0.15, 0.2) is 0 Å². The van der Waals surface area contributed by atoms with Crippen LogP contribution in [0.3, 0.4) is 0 Å². The summed E-state index contributed by atoms with van der Waals surface area (Å²) in [6.45, 7) is 5.73. The van der Waals surface area contributed by atoms with Gasteiger partial charge in [-0.15, -0.1) is 0 Å². The van der Waals surface area contributed by atoms with Crippen molar-refractivity contribution in [1.82, 2.24) is 4.90 Å². The van der Waals surface area contributed by atoms with Gasteiger partial charge in [0.25, 0.3) is 0 Å². The van der Waals surface area contributed by atoms with Crippen LogP contribution >= 0.6 is 22.6 Å². The summed E-state index contributed by atoms with van der Waals surface area (Å²) >= 11 is 2.45. The van der Waals surface area contributed by atoms with Crippen LogP contribution in [-0.4, -0.2) is 27.3 Å². The maximum absolute atomic E-state index is 11.0. The number of alkyl halides is 1. The van der Waals surface area contributed by atoms with E-state index in [4.69, 9.17) is 0 Å². The standard InChI is InChI=1S/C8H14INO/c1-7(11)10-5-3-4-8(2,9)6-10/h3-6H2,1-2H3. The van der Waals surface area contributed by atoms with Crippen LogP contribution in [0.25, 0.3) is 0 Å². The molecule has 1 rings (SSSR count). The summed E-state index contributed by atoms with van der Waals surface area (Å²) in [5.74, 6) is 0.215. The van der Waals surface area contributed by atoms with Crippen molar-refractivity contribution in [3.05, 3.63) is 0 Å². The summed E-state index contributed by atoms with van der Waals surface area (Å²) in [7, 11) is 0. The van der Waals surface area contributed by atoms with Crippen LogP contribution < -0.4 is 0 Å². The minimum absolute atomic E-state index is 0.215. The molecule has 1 fully saturated rings. The molecule has 0 N–H and O–H groups in total. The fourth-order valence-corrected chi connectivity index (χ4v) is 2.26. The number of carbonyl (C=O) groups is 1. The molecule has 1 amide bonds.